The van der Waals surface area contributed by atoms with Crippen LogP contribution in [0.15, 0.2) is 54.9 Å². The molecule has 2 aromatic carbocycles. The Labute approximate surface area is 207 Å². The van der Waals surface area contributed by atoms with E-state index in [9.17, 15) is 31.1 Å². The Kier molecular flexibility index (Phi) is 7.83. The number of amides is 1. The number of piperidine rings is 1. The minimum absolute atomic E-state index is 0.0398. The molecule has 0 unspecified atom stereocenters. The smallest absolute Gasteiger partial charge is 0.372 e. The van der Waals surface area contributed by atoms with Gasteiger partial charge in [-0.3, -0.25) is 15.0 Å². The van der Waals surface area contributed by atoms with Crippen molar-refractivity contribution in [3.8, 4) is 0 Å². The third kappa shape index (κ3) is 6.86. The van der Waals surface area contributed by atoms with Gasteiger partial charge in [0, 0.05) is 0 Å². The third-order valence-corrected chi connectivity index (χ3v) is 5.95. The van der Waals surface area contributed by atoms with E-state index < -0.39 is 42.2 Å². The molecule has 1 aliphatic rings. The molecule has 37 heavy (non-hydrogen) atoms. The third-order valence-electron chi connectivity index (χ3n) is 5.95. The maximum absolute atomic E-state index is 13.3. The number of nitrogens with one attached hydrogen (secondary N) is 2. The monoisotopic (exact) mass is 527 g/mol. The number of nitrogens with zero attached hydrogens (tertiary/aromatic N) is 3. The van der Waals surface area contributed by atoms with Crippen molar-refractivity contribution >= 4 is 11.9 Å². The minimum atomic E-state index is -4.94. The molecular formula is C24H23F6N5O2. The molecule has 7 nitrogen and oxygen atoms in total. The van der Waals surface area contributed by atoms with Crippen molar-refractivity contribution in [3.63, 3.8) is 0 Å². The van der Waals surface area contributed by atoms with Crippen molar-refractivity contribution in [2.75, 3.05) is 18.4 Å². The molecule has 0 radical (unpaired) electrons. The number of hydrogen-bond donors (Lipinski definition) is 2. The first kappa shape index (κ1) is 26.6. The topological polar surface area (TPSA) is 83.1 Å². The zero-order valence-electron chi connectivity index (χ0n) is 19.3. The largest absolute Gasteiger partial charge is 0.416 e. The molecule has 198 valence electrons. The van der Waals surface area contributed by atoms with Crippen LogP contribution in [0, 0.1) is 0 Å². The number of ether oxygens (including phenoxy) is 1. The molecule has 1 amide bonds. The van der Waals surface area contributed by atoms with Crippen molar-refractivity contribution < 1.29 is 35.9 Å². The fraction of sp³-hybridized carbons (Fsp3) is 0.375. The summed E-state index contributed by atoms with van der Waals surface area (Å²) in [7, 11) is 0. The number of anilines is 1. The number of rotatable bonds is 7. The van der Waals surface area contributed by atoms with Gasteiger partial charge in [-0.25, -0.2) is 5.10 Å². The highest BCUT2D eigenvalue weighted by Gasteiger charge is 2.38. The number of alkyl halides is 6. The molecule has 4 rings (SSSR count). The van der Waals surface area contributed by atoms with Crippen molar-refractivity contribution in [2.45, 2.75) is 43.9 Å². The van der Waals surface area contributed by atoms with Gasteiger partial charge >= 0.3 is 12.4 Å². The number of hydrogen-bond acceptors (Lipinski definition) is 5. The lowest BCUT2D eigenvalue weighted by Crippen LogP contribution is -2.46. The first-order valence-electron chi connectivity index (χ1n) is 11.3. The fourth-order valence-corrected chi connectivity index (χ4v) is 4.38. The number of aromatic amines is 1. The second-order valence-corrected chi connectivity index (χ2v) is 8.61. The van der Waals surface area contributed by atoms with Gasteiger partial charge in [0.15, 0.2) is 0 Å². The summed E-state index contributed by atoms with van der Waals surface area (Å²) in [6.07, 6.45) is -8.11. The summed E-state index contributed by atoms with van der Waals surface area (Å²) in [6, 6.07) is 10.0. The highest BCUT2D eigenvalue weighted by Crippen LogP contribution is 2.38. The van der Waals surface area contributed by atoms with Gasteiger partial charge < -0.3 is 4.74 Å². The predicted octanol–water partition coefficient (Wildman–Crippen LogP) is 5.20. The van der Waals surface area contributed by atoms with E-state index in [1.54, 1.807) is 12.1 Å². The Bertz CT molecular complexity index is 1150. The number of carbonyl (C=O) groups is 1. The SMILES string of the molecule is O=C(CN1CCC[C@@H](OCc2cc(C(F)(F)F)cc(C(F)(F)F)c2)[C@H]1c1ccccc1)Nc1ncn[nH]1. The highest BCUT2D eigenvalue weighted by atomic mass is 19.4. The van der Waals surface area contributed by atoms with Crippen molar-refractivity contribution in [3.05, 3.63) is 77.1 Å². The van der Waals surface area contributed by atoms with Crippen molar-refractivity contribution in [2.24, 2.45) is 0 Å². The average Bonchev–Trinajstić information content (AvgIpc) is 3.35. The number of benzene rings is 2. The van der Waals surface area contributed by atoms with Crippen molar-refractivity contribution in [1.29, 1.82) is 0 Å². The molecule has 2 N–H and O–H groups in total. The summed E-state index contributed by atoms with van der Waals surface area (Å²) in [5, 5.41) is 8.79. The van der Waals surface area contributed by atoms with Crippen LogP contribution in [0.3, 0.4) is 0 Å². The van der Waals surface area contributed by atoms with E-state index >= 15 is 0 Å². The standard InChI is InChI=1S/C24H23F6N5O2/c25-23(26,27)17-9-15(10-18(11-17)24(28,29)30)13-37-19-7-4-8-35(21(19)16-5-2-1-3-6-16)12-20(36)33-22-31-14-32-34-22/h1-3,5-6,9-11,14,19,21H,4,7-8,12-13H2,(H2,31,32,33,34,36)/t19-,21-/m1/s1. The van der Waals surface area contributed by atoms with Gasteiger partial charge in [0.05, 0.1) is 36.4 Å². The molecule has 1 fully saturated rings. The lowest BCUT2D eigenvalue weighted by Gasteiger charge is -2.41. The molecule has 13 heteroatoms. The lowest BCUT2D eigenvalue weighted by atomic mass is 9.92. The molecule has 1 aromatic heterocycles. The molecule has 0 saturated carbocycles. The minimum Gasteiger partial charge on any atom is -0.372 e. The summed E-state index contributed by atoms with van der Waals surface area (Å²) < 4.78 is 85.5. The van der Waals surface area contributed by atoms with E-state index in [-0.39, 0.29) is 30.0 Å². The van der Waals surface area contributed by atoms with Gasteiger partial charge in [-0.1, -0.05) is 30.3 Å². The Morgan fingerprint density at radius 2 is 1.73 bits per heavy atom. The zero-order valence-corrected chi connectivity index (χ0v) is 19.3. The molecule has 0 aliphatic carbocycles. The van der Waals surface area contributed by atoms with Crippen LogP contribution >= 0.6 is 0 Å². The normalized spacial score (nSPS) is 19.1. The predicted molar refractivity (Wildman–Crippen MR) is 120 cm³/mol. The van der Waals surface area contributed by atoms with E-state index in [4.69, 9.17) is 4.74 Å². The van der Waals surface area contributed by atoms with Crippen LogP contribution in [0.1, 0.15) is 41.1 Å². The summed E-state index contributed by atoms with van der Waals surface area (Å²) in [5.41, 5.74) is -2.22. The van der Waals surface area contributed by atoms with Gasteiger partial charge in [-0.05, 0) is 48.7 Å². The molecule has 1 aliphatic heterocycles. The van der Waals surface area contributed by atoms with Crippen LogP contribution in [-0.2, 0) is 28.5 Å². The van der Waals surface area contributed by atoms with Crippen LogP contribution in [0.25, 0.3) is 0 Å². The first-order valence-corrected chi connectivity index (χ1v) is 11.3. The van der Waals surface area contributed by atoms with Gasteiger partial charge in [0.25, 0.3) is 0 Å². The Morgan fingerprint density at radius 1 is 1.05 bits per heavy atom. The van der Waals surface area contributed by atoms with Gasteiger partial charge in [0.2, 0.25) is 11.9 Å². The summed E-state index contributed by atoms with van der Waals surface area (Å²) >= 11 is 0. The number of halogens is 6. The fourth-order valence-electron chi connectivity index (χ4n) is 4.38. The van der Waals surface area contributed by atoms with Crippen LogP contribution in [0.2, 0.25) is 0 Å². The lowest BCUT2D eigenvalue weighted by molar-refractivity contribution is -0.143. The summed E-state index contributed by atoms with van der Waals surface area (Å²) in [4.78, 5) is 18.3. The molecule has 0 spiro atoms. The second-order valence-electron chi connectivity index (χ2n) is 8.61. The van der Waals surface area contributed by atoms with Crippen LogP contribution in [0.4, 0.5) is 32.3 Å². The number of carbonyl (C=O) groups excluding carboxylic acids is 1. The average molecular weight is 527 g/mol. The molecule has 2 heterocycles. The van der Waals surface area contributed by atoms with Crippen LogP contribution in [-0.4, -0.2) is 45.2 Å². The maximum Gasteiger partial charge on any atom is 0.416 e. The molecule has 2 atom stereocenters. The zero-order chi connectivity index (χ0) is 26.6. The highest BCUT2D eigenvalue weighted by molar-refractivity contribution is 5.90. The van der Waals surface area contributed by atoms with Crippen LogP contribution in [0.5, 0.6) is 0 Å². The molecular weight excluding hydrogens is 504 g/mol. The van der Waals surface area contributed by atoms with Gasteiger partial charge in [-0.15, -0.1) is 0 Å². The Balaban J connectivity index is 1.55. The Morgan fingerprint density at radius 3 is 2.32 bits per heavy atom. The van der Waals surface area contributed by atoms with Gasteiger partial charge in [0.1, 0.15) is 6.33 Å². The molecule has 1 saturated heterocycles. The van der Waals surface area contributed by atoms with Crippen molar-refractivity contribution in [1.82, 2.24) is 20.1 Å². The molecule has 0 bridgehead atoms. The first-order chi connectivity index (χ1) is 17.5. The maximum atomic E-state index is 13.3. The Hall–Kier alpha value is -3.45. The van der Waals surface area contributed by atoms with E-state index in [1.807, 2.05) is 23.1 Å². The second kappa shape index (κ2) is 10.9. The summed E-state index contributed by atoms with van der Waals surface area (Å²) in [5.74, 6) is -0.192. The van der Waals surface area contributed by atoms with Crippen LogP contribution < -0.4 is 5.32 Å². The van der Waals surface area contributed by atoms with E-state index in [1.165, 1.54) is 6.33 Å². The number of H-pyrrole nitrogens is 1. The quantitative estimate of drug-likeness (QED) is 0.413. The van der Waals surface area contributed by atoms with Gasteiger partial charge in [-0.2, -0.15) is 36.4 Å². The summed E-state index contributed by atoms with van der Waals surface area (Å²) in [6.45, 7) is 0.0338. The molecule has 3 aromatic rings. The van der Waals surface area contributed by atoms with E-state index in [0.29, 0.717) is 31.5 Å². The van der Waals surface area contributed by atoms with E-state index in [0.717, 1.165) is 5.56 Å². The number of likely N-dealkylation sites (tertiary alicyclic amines) is 1. The number of aromatic nitrogens is 3. The van der Waals surface area contributed by atoms with E-state index in [2.05, 4.69) is 20.5 Å².